The van der Waals surface area contributed by atoms with E-state index in [0.29, 0.717) is 5.69 Å². The van der Waals surface area contributed by atoms with Crippen molar-refractivity contribution in [1.82, 2.24) is 15.2 Å². The zero-order chi connectivity index (χ0) is 16.1. The minimum Gasteiger partial charge on any atom is -0.438 e. The van der Waals surface area contributed by atoms with Crippen molar-refractivity contribution < 1.29 is 13.9 Å². The third-order valence-electron chi connectivity index (χ3n) is 3.83. The van der Waals surface area contributed by atoms with Crippen LogP contribution in [0.25, 0.3) is 11.3 Å². The van der Waals surface area contributed by atoms with Crippen LogP contribution in [0, 0.1) is 0 Å². The van der Waals surface area contributed by atoms with E-state index in [1.807, 2.05) is 37.3 Å². The predicted molar refractivity (Wildman–Crippen MR) is 86.1 cm³/mol. The average molecular weight is 315 g/mol. The van der Waals surface area contributed by atoms with Crippen LogP contribution in [0.15, 0.2) is 41.1 Å². The summed E-state index contributed by atoms with van der Waals surface area (Å²) in [5.74, 6) is 0.0205. The standard InChI is InChI=1S/C17H21N3O3/c1-13(11-20-7-9-22-10-8-20)19-17(21)16-15(18-12-23-16)14-5-3-2-4-6-14/h2-6,12-13H,7-11H2,1H3,(H,19,21)/t13-/m0/s1. The molecule has 0 saturated carbocycles. The van der Waals surface area contributed by atoms with Gasteiger partial charge in [-0.1, -0.05) is 30.3 Å². The molecular weight excluding hydrogens is 294 g/mol. The van der Waals surface area contributed by atoms with Crippen LogP contribution in [0.2, 0.25) is 0 Å². The van der Waals surface area contributed by atoms with Crippen LogP contribution in [-0.4, -0.2) is 54.7 Å². The van der Waals surface area contributed by atoms with Gasteiger partial charge in [0.2, 0.25) is 5.76 Å². The molecule has 2 aromatic rings. The molecule has 1 aromatic carbocycles. The van der Waals surface area contributed by atoms with Gasteiger partial charge in [0.15, 0.2) is 6.39 Å². The molecule has 1 N–H and O–H groups in total. The number of carbonyl (C=O) groups is 1. The van der Waals surface area contributed by atoms with Gasteiger partial charge in [0.05, 0.1) is 13.2 Å². The van der Waals surface area contributed by atoms with E-state index in [9.17, 15) is 4.79 Å². The Labute approximate surface area is 135 Å². The minimum absolute atomic E-state index is 0.0225. The van der Waals surface area contributed by atoms with Gasteiger partial charge in [0, 0.05) is 31.2 Å². The summed E-state index contributed by atoms with van der Waals surface area (Å²) >= 11 is 0. The van der Waals surface area contributed by atoms with Gasteiger partial charge >= 0.3 is 0 Å². The van der Waals surface area contributed by atoms with E-state index in [4.69, 9.17) is 9.15 Å². The van der Waals surface area contributed by atoms with Crippen LogP contribution in [0.4, 0.5) is 0 Å². The fourth-order valence-electron chi connectivity index (χ4n) is 2.71. The van der Waals surface area contributed by atoms with E-state index >= 15 is 0 Å². The summed E-state index contributed by atoms with van der Waals surface area (Å²) in [7, 11) is 0. The lowest BCUT2D eigenvalue weighted by atomic mass is 10.1. The molecule has 122 valence electrons. The SMILES string of the molecule is C[C@@H](CN1CCOCC1)NC(=O)c1ocnc1-c1ccccc1. The second-order valence-corrected chi connectivity index (χ2v) is 5.68. The molecule has 0 aliphatic carbocycles. The lowest BCUT2D eigenvalue weighted by Crippen LogP contribution is -2.46. The summed E-state index contributed by atoms with van der Waals surface area (Å²) in [6.45, 7) is 6.09. The highest BCUT2D eigenvalue weighted by Gasteiger charge is 2.21. The van der Waals surface area contributed by atoms with Crippen molar-refractivity contribution in [3.8, 4) is 11.3 Å². The molecule has 1 saturated heterocycles. The van der Waals surface area contributed by atoms with E-state index < -0.39 is 0 Å². The maximum Gasteiger partial charge on any atom is 0.289 e. The van der Waals surface area contributed by atoms with Crippen molar-refractivity contribution in [1.29, 1.82) is 0 Å². The van der Waals surface area contributed by atoms with Crippen LogP contribution in [-0.2, 0) is 4.74 Å². The Morgan fingerprint density at radius 3 is 2.78 bits per heavy atom. The fourth-order valence-corrected chi connectivity index (χ4v) is 2.71. The maximum atomic E-state index is 12.5. The molecule has 23 heavy (non-hydrogen) atoms. The molecule has 2 heterocycles. The van der Waals surface area contributed by atoms with E-state index in [-0.39, 0.29) is 17.7 Å². The minimum atomic E-state index is -0.234. The smallest absolute Gasteiger partial charge is 0.289 e. The van der Waals surface area contributed by atoms with Gasteiger partial charge in [-0.2, -0.15) is 0 Å². The second-order valence-electron chi connectivity index (χ2n) is 5.68. The van der Waals surface area contributed by atoms with Gasteiger partial charge in [-0.3, -0.25) is 9.69 Å². The molecule has 1 amide bonds. The normalized spacial score (nSPS) is 16.9. The molecule has 0 radical (unpaired) electrons. The fraction of sp³-hybridized carbons (Fsp3) is 0.412. The number of hydrogen-bond acceptors (Lipinski definition) is 5. The number of morpholine rings is 1. The third-order valence-corrected chi connectivity index (χ3v) is 3.83. The molecule has 0 bridgehead atoms. The van der Waals surface area contributed by atoms with Gasteiger partial charge in [-0.25, -0.2) is 4.98 Å². The molecule has 1 atom stereocenters. The number of benzene rings is 1. The van der Waals surface area contributed by atoms with Crippen molar-refractivity contribution >= 4 is 5.91 Å². The number of amides is 1. The molecule has 1 aromatic heterocycles. The van der Waals surface area contributed by atoms with Crippen molar-refractivity contribution in [2.45, 2.75) is 13.0 Å². The number of rotatable bonds is 5. The average Bonchev–Trinajstić information content (AvgIpc) is 3.06. The van der Waals surface area contributed by atoms with Crippen LogP contribution in [0.3, 0.4) is 0 Å². The van der Waals surface area contributed by atoms with Gasteiger partial charge in [-0.15, -0.1) is 0 Å². The van der Waals surface area contributed by atoms with Crippen LogP contribution in [0.5, 0.6) is 0 Å². The van der Waals surface area contributed by atoms with Crippen molar-refractivity contribution in [3.05, 3.63) is 42.5 Å². The Morgan fingerprint density at radius 2 is 2.04 bits per heavy atom. The molecule has 0 unspecified atom stereocenters. The van der Waals surface area contributed by atoms with Gasteiger partial charge < -0.3 is 14.5 Å². The molecular formula is C17H21N3O3. The molecule has 6 nitrogen and oxygen atoms in total. The third kappa shape index (κ3) is 3.97. The summed E-state index contributed by atoms with van der Waals surface area (Å²) in [6, 6.07) is 9.58. The monoisotopic (exact) mass is 315 g/mol. The topological polar surface area (TPSA) is 67.6 Å². The lowest BCUT2D eigenvalue weighted by molar-refractivity contribution is 0.0341. The Kier molecular flexibility index (Phi) is 5.05. The second kappa shape index (κ2) is 7.39. The zero-order valence-corrected chi connectivity index (χ0v) is 13.2. The zero-order valence-electron chi connectivity index (χ0n) is 13.2. The summed E-state index contributed by atoms with van der Waals surface area (Å²) < 4.78 is 10.6. The molecule has 3 rings (SSSR count). The highest BCUT2D eigenvalue weighted by atomic mass is 16.5. The summed E-state index contributed by atoms with van der Waals surface area (Å²) in [6.07, 6.45) is 1.31. The predicted octanol–water partition coefficient (Wildman–Crippen LogP) is 1.79. The summed E-state index contributed by atoms with van der Waals surface area (Å²) in [5.41, 5.74) is 1.44. The molecule has 0 spiro atoms. The van der Waals surface area contributed by atoms with Crippen molar-refractivity contribution in [3.63, 3.8) is 0 Å². The quantitative estimate of drug-likeness (QED) is 0.911. The Hall–Kier alpha value is -2.18. The lowest BCUT2D eigenvalue weighted by Gasteiger charge is -2.29. The Bertz CT molecular complexity index is 636. The number of aromatic nitrogens is 1. The van der Waals surface area contributed by atoms with Gasteiger partial charge in [-0.05, 0) is 6.92 Å². The number of nitrogens with one attached hydrogen (secondary N) is 1. The van der Waals surface area contributed by atoms with Crippen LogP contribution >= 0.6 is 0 Å². The van der Waals surface area contributed by atoms with E-state index in [0.717, 1.165) is 38.4 Å². The first-order valence-electron chi connectivity index (χ1n) is 7.84. The first-order valence-corrected chi connectivity index (χ1v) is 7.84. The number of carbonyl (C=O) groups excluding carboxylic acids is 1. The molecule has 1 aliphatic rings. The van der Waals surface area contributed by atoms with Gasteiger partial charge in [0.25, 0.3) is 5.91 Å². The van der Waals surface area contributed by atoms with Crippen molar-refractivity contribution in [2.24, 2.45) is 0 Å². The number of hydrogen-bond donors (Lipinski definition) is 1. The molecule has 1 aliphatic heterocycles. The number of nitrogens with zero attached hydrogens (tertiary/aromatic N) is 2. The molecule has 1 fully saturated rings. The first-order chi connectivity index (χ1) is 11.2. The van der Waals surface area contributed by atoms with Gasteiger partial charge in [0.1, 0.15) is 5.69 Å². The summed E-state index contributed by atoms with van der Waals surface area (Å²) in [5, 5.41) is 2.98. The number of ether oxygens (including phenoxy) is 1. The van der Waals surface area contributed by atoms with E-state index in [1.54, 1.807) is 0 Å². The van der Waals surface area contributed by atoms with E-state index in [1.165, 1.54) is 6.39 Å². The Morgan fingerprint density at radius 1 is 1.30 bits per heavy atom. The highest BCUT2D eigenvalue weighted by molar-refractivity contribution is 5.97. The van der Waals surface area contributed by atoms with Crippen LogP contribution in [0.1, 0.15) is 17.5 Å². The van der Waals surface area contributed by atoms with Crippen LogP contribution < -0.4 is 5.32 Å². The molecule has 6 heteroatoms. The highest BCUT2D eigenvalue weighted by Crippen LogP contribution is 2.21. The first kappa shape index (κ1) is 15.7. The van der Waals surface area contributed by atoms with E-state index in [2.05, 4.69) is 15.2 Å². The largest absolute Gasteiger partial charge is 0.438 e. The summed E-state index contributed by atoms with van der Waals surface area (Å²) in [4.78, 5) is 18.9. The van der Waals surface area contributed by atoms with Crippen molar-refractivity contribution in [2.75, 3.05) is 32.8 Å². The Balaban J connectivity index is 1.63. The maximum absolute atomic E-state index is 12.5. The number of oxazole rings is 1.